The summed E-state index contributed by atoms with van der Waals surface area (Å²) in [5.74, 6) is 0.933. The minimum Gasteiger partial charge on any atom is -0.377 e. The molecule has 5 nitrogen and oxygen atoms in total. The highest BCUT2D eigenvalue weighted by Crippen LogP contribution is 2.24. The Balaban J connectivity index is 0.00000320. The van der Waals surface area contributed by atoms with Crippen LogP contribution in [0.2, 0.25) is 10.0 Å². The normalized spacial score (nSPS) is 18.5. The Kier molecular flexibility index (Phi) is 11.8. The molecule has 2 heterocycles. The van der Waals surface area contributed by atoms with Gasteiger partial charge in [-0.1, -0.05) is 40.9 Å². The van der Waals surface area contributed by atoms with Gasteiger partial charge in [-0.15, -0.1) is 24.0 Å². The van der Waals surface area contributed by atoms with E-state index in [1.54, 1.807) is 0 Å². The third-order valence-electron chi connectivity index (χ3n) is 5.42. The number of halogens is 3. The standard InChI is InChI=1S/C22H32Cl2N4O.HI/c1-2-25-22(26-10-5-17-8-13-29-14-9-17)27-19-6-11-28(12-7-19)16-18-3-4-20(23)21(24)15-18;/h3-4,8,15,19H,2,5-7,9-14,16H2,1H3,(H2,25,26,27);1H. The van der Waals surface area contributed by atoms with E-state index in [0.717, 1.165) is 77.6 Å². The molecule has 3 rings (SSSR count). The van der Waals surface area contributed by atoms with Gasteiger partial charge in [-0.05, 0) is 50.3 Å². The second kappa shape index (κ2) is 13.8. The third kappa shape index (κ3) is 8.54. The summed E-state index contributed by atoms with van der Waals surface area (Å²) in [5, 5.41) is 8.25. The summed E-state index contributed by atoms with van der Waals surface area (Å²) in [6, 6.07) is 6.36. The lowest BCUT2D eigenvalue weighted by Gasteiger charge is -2.33. The van der Waals surface area contributed by atoms with Crippen LogP contribution in [-0.2, 0) is 11.3 Å². The topological polar surface area (TPSA) is 48.9 Å². The van der Waals surface area contributed by atoms with Crippen LogP contribution in [0.15, 0.2) is 34.8 Å². The molecular formula is C22H33Cl2IN4O. The molecule has 0 saturated carbocycles. The Morgan fingerprint density at radius 2 is 2.03 bits per heavy atom. The van der Waals surface area contributed by atoms with E-state index < -0.39 is 0 Å². The predicted molar refractivity (Wildman–Crippen MR) is 137 cm³/mol. The second-order valence-corrected chi connectivity index (χ2v) is 8.46. The first-order valence-electron chi connectivity index (χ1n) is 10.6. The number of rotatable bonds is 7. The van der Waals surface area contributed by atoms with Crippen molar-refractivity contribution in [3.63, 3.8) is 0 Å². The fourth-order valence-electron chi connectivity index (χ4n) is 3.75. The van der Waals surface area contributed by atoms with Gasteiger partial charge in [-0.2, -0.15) is 0 Å². The number of likely N-dealkylation sites (tertiary alicyclic amines) is 1. The largest absolute Gasteiger partial charge is 0.377 e. The van der Waals surface area contributed by atoms with Crippen molar-refractivity contribution in [1.29, 1.82) is 0 Å². The van der Waals surface area contributed by atoms with E-state index in [1.165, 1.54) is 11.1 Å². The molecule has 0 atom stereocenters. The molecular weight excluding hydrogens is 534 g/mol. The molecule has 0 unspecified atom stereocenters. The minimum absolute atomic E-state index is 0. The van der Waals surface area contributed by atoms with Crippen LogP contribution in [0.5, 0.6) is 0 Å². The van der Waals surface area contributed by atoms with Gasteiger partial charge in [0.15, 0.2) is 5.96 Å². The molecule has 30 heavy (non-hydrogen) atoms. The molecule has 0 aromatic heterocycles. The fourth-order valence-corrected chi connectivity index (χ4v) is 4.07. The highest BCUT2D eigenvalue weighted by atomic mass is 127. The molecule has 1 saturated heterocycles. The number of guanidine groups is 1. The number of nitrogens with zero attached hydrogens (tertiary/aromatic N) is 2. The van der Waals surface area contributed by atoms with Gasteiger partial charge in [-0.3, -0.25) is 9.89 Å². The lowest BCUT2D eigenvalue weighted by molar-refractivity contribution is 0.153. The van der Waals surface area contributed by atoms with Crippen LogP contribution >= 0.6 is 47.2 Å². The molecule has 1 aromatic rings. The maximum atomic E-state index is 6.14. The van der Waals surface area contributed by atoms with E-state index in [0.29, 0.717) is 16.1 Å². The quantitative estimate of drug-likeness (QED) is 0.214. The zero-order chi connectivity index (χ0) is 20.5. The number of piperidine rings is 1. The van der Waals surface area contributed by atoms with Gasteiger partial charge < -0.3 is 15.4 Å². The highest BCUT2D eigenvalue weighted by molar-refractivity contribution is 14.0. The van der Waals surface area contributed by atoms with E-state index in [2.05, 4.69) is 34.6 Å². The molecule has 0 spiro atoms. The number of nitrogens with one attached hydrogen (secondary N) is 2. The van der Waals surface area contributed by atoms with Crippen LogP contribution in [0.1, 0.15) is 38.2 Å². The smallest absolute Gasteiger partial charge is 0.191 e. The lowest BCUT2D eigenvalue weighted by atomic mass is 10.0. The Hall–Kier alpha value is -0.540. The van der Waals surface area contributed by atoms with Gasteiger partial charge >= 0.3 is 0 Å². The summed E-state index contributed by atoms with van der Waals surface area (Å²) in [6.45, 7) is 8.42. The van der Waals surface area contributed by atoms with Crippen LogP contribution < -0.4 is 10.6 Å². The zero-order valence-electron chi connectivity index (χ0n) is 17.6. The number of aliphatic imine (C=N–C) groups is 1. The monoisotopic (exact) mass is 566 g/mol. The molecule has 0 radical (unpaired) electrons. The van der Waals surface area contributed by atoms with Crippen molar-refractivity contribution in [2.24, 2.45) is 4.99 Å². The summed E-state index contributed by atoms with van der Waals surface area (Å²) in [5.41, 5.74) is 2.68. The van der Waals surface area contributed by atoms with Crippen LogP contribution in [-0.4, -0.2) is 56.3 Å². The third-order valence-corrected chi connectivity index (χ3v) is 6.16. The van der Waals surface area contributed by atoms with Crippen LogP contribution in [0.4, 0.5) is 0 Å². The van der Waals surface area contributed by atoms with E-state index in [-0.39, 0.29) is 24.0 Å². The van der Waals surface area contributed by atoms with Gasteiger partial charge in [0.2, 0.25) is 0 Å². The second-order valence-electron chi connectivity index (χ2n) is 7.64. The number of hydrogen-bond donors (Lipinski definition) is 2. The summed E-state index contributed by atoms with van der Waals surface area (Å²) in [6.07, 6.45) is 6.46. The van der Waals surface area contributed by atoms with Gasteiger partial charge in [0.05, 0.1) is 23.3 Å². The first-order chi connectivity index (χ1) is 14.1. The average Bonchev–Trinajstić information content (AvgIpc) is 2.73. The molecule has 0 aliphatic carbocycles. The molecule has 0 bridgehead atoms. The minimum atomic E-state index is 0. The van der Waals surface area contributed by atoms with E-state index in [4.69, 9.17) is 32.9 Å². The molecule has 2 aliphatic heterocycles. The van der Waals surface area contributed by atoms with Crippen molar-refractivity contribution in [3.05, 3.63) is 45.5 Å². The highest BCUT2D eigenvalue weighted by Gasteiger charge is 2.20. The lowest BCUT2D eigenvalue weighted by Crippen LogP contribution is -2.48. The maximum absolute atomic E-state index is 6.14. The zero-order valence-corrected chi connectivity index (χ0v) is 21.5. The van der Waals surface area contributed by atoms with E-state index >= 15 is 0 Å². The van der Waals surface area contributed by atoms with Crippen molar-refractivity contribution in [2.75, 3.05) is 39.4 Å². The molecule has 1 aromatic carbocycles. The van der Waals surface area contributed by atoms with Crippen molar-refractivity contribution >= 4 is 53.1 Å². The van der Waals surface area contributed by atoms with Crippen molar-refractivity contribution in [2.45, 2.75) is 45.2 Å². The van der Waals surface area contributed by atoms with Crippen LogP contribution in [0.25, 0.3) is 0 Å². The van der Waals surface area contributed by atoms with Crippen LogP contribution in [0, 0.1) is 0 Å². The van der Waals surface area contributed by atoms with Crippen molar-refractivity contribution in [1.82, 2.24) is 15.5 Å². The Morgan fingerprint density at radius 3 is 2.70 bits per heavy atom. The number of ether oxygens (including phenoxy) is 1. The van der Waals surface area contributed by atoms with Crippen molar-refractivity contribution < 1.29 is 4.74 Å². The first kappa shape index (κ1) is 25.7. The molecule has 8 heteroatoms. The van der Waals surface area contributed by atoms with Gasteiger partial charge in [0.1, 0.15) is 0 Å². The molecule has 2 N–H and O–H groups in total. The number of benzene rings is 1. The SMILES string of the molecule is CCNC(=NCCC1=CCOCC1)NC1CCN(Cc2ccc(Cl)c(Cl)c2)CC1.I. The number of hydrogen-bond acceptors (Lipinski definition) is 3. The Bertz CT molecular complexity index is 721. The van der Waals surface area contributed by atoms with Crippen molar-refractivity contribution in [3.8, 4) is 0 Å². The van der Waals surface area contributed by atoms with E-state index in [1.807, 2.05) is 12.1 Å². The first-order valence-corrected chi connectivity index (χ1v) is 11.4. The maximum Gasteiger partial charge on any atom is 0.191 e. The summed E-state index contributed by atoms with van der Waals surface area (Å²) < 4.78 is 5.37. The Morgan fingerprint density at radius 1 is 1.23 bits per heavy atom. The average molecular weight is 567 g/mol. The molecule has 2 aliphatic rings. The van der Waals surface area contributed by atoms with Crippen LogP contribution in [0.3, 0.4) is 0 Å². The Labute approximate surface area is 207 Å². The molecule has 1 fully saturated rings. The summed E-state index contributed by atoms with van der Waals surface area (Å²) in [7, 11) is 0. The molecule has 168 valence electrons. The van der Waals surface area contributed by atoms with Gasteiger partial charge in [0, 0.05) is 38.8 Å². The predicted octanol–water partition coefficient (Wildman–Crippen LogP) is 4.87. The summed E-state index contributed by atoms with van der Waals surface area (Å²) in [4.78, 5) is 7.25. The summed E-state index contributed by atoms with van der Waals surface area (Å²) >= 11 is 12.2. The van der Waals surface area contributed by atoms with E-state index in [9.17, 15) is 0 Å². The van der Waals surface area contributed by atoms with Gasteiger partial charge in [-0.25, -0.2) is 0 Å². The molecule has 0 amide bonds. The van der Waals surface area contributed by atoms with Gasteiger partial charge in [0.25, 0.3) is 0 Å². The fraction of sp³-hybridized carbons (Fsp3) is 0.591.